The summed E-state index contributed by atoms with van der Waals surface area (Å²) in [4.78, 5) is 2.19. The van der Waals surface area contributed by atoms with E-state index in [-0.39, 0.29) is 11.7 Å². The number of nitrogens with zero attached hydrogens (tertiary/aromatic N) is 1. The molecule has 5 nitrogen and oxygen atoms in total. The van der Waals surface area contributed by atoms with Crippen LogP contribution in [0.2, 0.25) is 5.02 Å². The Labute approximate surface area is 129 Å². The largest absolute Gasteiger partial charge is 0.299 e. The van der Waals surface area contributed by atoms with Gasteiger partial charge in [-0.3, -0.25) is 4.90 Å². The van der Waals surface area contributed by atoms with Crippen molar-refractivity contribution in [3.8, 4) is 0 Å². The highest BCUT2D eigenvalue weighted by atomic mass is 35.5. The van der Waals surface area contributed by atoms with Crippen LogP contribution in [0.3, 0.4) is 0 Å². The molecule has 1 aliphatic rings. The number of rotatable bonds is 5. The lowest BCUT2D eigenvalue weighted by Gasteiger charge is -2.32. The van der Waals surface area contributed by atoms with Gasteiger partial charge >= 0.3 is 0 Å². The van der Waals surface area contributed by atoms with E-state index in [1.807, 2.05) is 0 Å². The highest BCUT2D eigenvalue weighted by Crippen LogP contribution is 2.22. The molecule has 1 saturated heterocycles. The van der Waals surface area contributed by atoms with Gasteiger partial charge in [0.25, 0.3) is 10.2 Å². The first-order valence-electron chi connectivity index (χ1n) is 6.77. The number of nitrogens with two attached hydrogens (primary N) is 1. The molecule has 0 spiro atoms. The smallest absolute Gasteiger partial charge is 0.274 e. The summed E-state index contributed by atoms with van der Waals surface area (Å²) in [5.74, 6) is -0.131. The molecule has 1 heterocycles. The lowest BCUT2D eigenvalue weighted by Crippen LogP contribution is -2.42. The van der Waals surface area contributed by atoms with Crippen molar-refractivity contribution in [3.05, 3.63) is 34.6 Å². The van der Waals surface area contributed by atoms with Gasteiger partial charge in [0.15, 0.2) is 0 Å². The Kier molecular flexibility index (Phi) is 5.56. The zero-order valence-electron chi connectivity index (χ0n) is 11.6. The number of nitrogens with one attached hydrogen (secondary N) is 1. The second-order valence-corrected chi connectivity index (χ2v) is 7.16. The predicted molar refractivity (Wildman–Crippen MR) is 80.5 cm³/mol. The van der Waals surface area contributed by atoms with Gasteiger partial charge in [-0.15, -0.1) is 0 Å². The summed E-state index contributed by atoms with van der Waals surface area (Å²) in [6, 6.07) is 4.38. The van der Waals surface area contributed by atoms with Gasteiger partial charge in [-0.05, 0) is 43.0 Å². The molecule has 0 bridgehead atoms. The minimum Gasteiger partial charge on any atom is -0.299 e. The average molecular weight is 336 g/mol. The van der Waals surface area contributed by atoms with E-state index in [4.69, 9.17) is 16.7 Å². The van der Waals surface area contributed by atoms with Crippen LogP contribution in [-0.2, 0) is 16.8 Å². The Morgan fingerprint density at radius 3 is 2.90 bits per heavy atom. The van der Waals surface area contributed by atoms with Crippen LogP contribution in [0.15, 0.2) is 18.2 Å². The maximum Gasteiger partial charge on any atom is 0.274 e. The summed E-state index contributed by atoms with van der Waals surface area (Å²) in [7, 11) is -3.64. The van der Waals surface area contributed by atoms with Crippen molar-refractivity contribution in [2.45, 2.75) is 19.4 Å². The molecular formula is C13H19ClFN3O2S. The molecule has 1 aromatic rings. The zero-order chi connectivity index (χ0) is 15.5. The van der Waals surface area contributed by atoms with Crippen LogP contribution >= 0.6 is 11.6 Å². The molecule has 0 amide bonds. The van der Waals surface area contributed by atoms with E-state index < -0.39 is 10.2 Å². The first-order chi connectivity index (χ1) is 9.83. The molecule has 118 valence electrons. The van der Waals surface area contributed by atoms with Crippen LogP contribution in [0.1, 0.15) is 18.4 Å². The van der Waals surface area contributed by atoms with E-state index in [1.54, 1.807) is 6.07 Å². The fourth-order valence-corrected chi connectivity index (χ4v) is 3.28. The molecule has 1 fully saturated rings. The zero-order valence-corrected chi connectivity index (χ0v) is 13.1. The molecule has 8 heteroatoms. The van der Waals surface area contributed by atoms with Crippen molar-refractivity contribution in [1.82, 2.24) is 9.62 Å². The lowest BCUT2D eigenvalue weighted by atomic mass is 9.98. The van der Waals surface area contributed by atoms with Gasteiger partial charge < -0.3 is 0 Å². The molecule has 1 atom stereocenters. The lowest BCUT2D eigenvalue weighted by molar-refractivity contribution is 0.169. The summed E-state index contributed by atoms with van der Waals surface area (Å²) >= 11 is 6.03. The Balaban J connectivity index is 1.92. The third-order valence-electron chi connectivity index (χ3n) is 3.59. The van der Waals surface area contributed by atoms with E-state index in [9.17, 15) is 12.8 Å². The third-order valence-corrected chi connectivity index (χ3v) is 4.51. The van der Waals surface area contributed by atoms with Crippen molar-refractivity contribution in [2.24, 2.45) is 11.1 Å². The number of likely N-dealkylation sites (tertiary alicyclic amines) is 1. The molecule has 0 aromatic heterocycles. The van der Waals surface area contributed by atoms with Crippen molar-refractivity contribution in [3.63, 3.8) is 0 Å². The Morgan fingerprint density at radius 2 is 2.24 bits per heavy atom. The van der Waals surface area contributed by atoms with Crippen molar-refractivity contribution in [1.29, 1.82) is 0 Å². The van der Waals surface area contributed by atoms with Gasteiger partial charge in [0.05, 0.1) is 0 Å². The van der Waals surface area contributed by atoms with Gasteiger partial charge in [0.1, 0.15) is 5.82 Å². The number of hydrogen-bond acceptors (Lipinski definition) is 3. The minimum atomic E-state index is -3.64. The van der Waals surface area contributed by atoms with Crippen LogP contribution in [0.5, 0.6) is 0 Å². The fourth-order valence-electron chi connectivity index (χ4n) is 2.59. The fraction of sp³-hybridized carbons (Fsp3) is 0.538. The first kappa shape index (κ1) is 16.6. The molecule has 21 heavy (non-hydrogen) atoms. The molecule has 1 aliphatic heterocycles. The molecule has 1 aromatic carbocycles. The monoisotopic (exact) mass is 335 g/mol. The molecular weight excluding hydrogens is 317 g/mol. The number of halogens is 2. The molecule has 0 unspecified atom stereocenters. The van der Waals surface area contributed by atoms with Gasteiger partial charge in [0.2, 0.25) is 0 Å². The second kappa shape index (κ2) is 7.02. The van der Waals surface area contributed by atoms with E-state index in [0.717, 1.165) is 31.5 Å². The van der Waals surface area contributed by atoms with Crippen LogP contribution in [0.4, 0.5) is 4.39 Å². The molecule has 0 aliphatic carbocycles. The Bertz CT molecular complexity index is 597. The van der Waals surface area contributed by atoms with Crippen LogP contribution in [0, 0.1) is 11.7 Å². The van der Waals surface area contributed by atoms with Crippen LogP contribution < -0.4 is 9.86 Å². The highest BCUT2D eigenvalue weighted by Gasteiger charge is 2.21. The van der Waals surface area contributed by atoms with Crippen LogP contribution in [-0.4, -0.2) is 33.0 Å². The van der Waals surface area contributed by atoms with Gasteiger partial charge in [0, 0.05) is 24.7 Å². The summed E-state index contributed by atoms with van der Waals surface area (Å²) < 4.78 is 37.2. The normalized spacial score (nSPS) is 20.6. The van der Waals surface area contributed by atoms with E-state index in [0.29, 0.717) is 18.1 Å². The summed E-state index contributed by atoms with van der Waals surface area (Å²) in [5.41, 5.74) is 0.873. The summed E-state index contributed by atoms with van der Waals surface area (Å²) in [6.07, 6.45) is 1.94. The van der Waals surface area contributed by atoms with Crippen LogP contribution in [0.25, 0.3) is 0 Å². The van der Waals surface area contributed by atoms with E-state index in [2.05, 4.69) is 9.62 Å². The maximum atomic E-state index is 13.0. The van der Waals surface area contributed by atoms with Crippen molar-refractivity contribution < 1.29 is 12.8 Å². The standard InChI is InChI=1S/C13H19ClFN3O2S/c14-13-6-12(15)4-3-11(13)9-18-5-1-2-10(8-18)7-17-21(16,19)20/h3-4,6,10,17H,1-2,5,7-9H2,(H2,16,19,20)/t10-/m0/s1. The second-order valence-electron chi connectivity index (χ2n) is 5.37. The van der Waals surface area contributed by atoms with E-state index in [1.165, 1.54) is 12.1 Å². The van der Waals surface area contributed by atoms with Gasteiger partial charge in [-0.1, -0.05) is 17.7 Å². The van der Waals surface area contributed by atoms with E-state index >= 15 is 0 Å². The number of hydrogen-bond donors (Lipinski definition) is 2. The highest BCUT2D eigenvalue weighted by molar-refractivity contribution is 7.87. The topological polar surface area (TPSA) is 75.4 Å². The molecule has 3 N–H and O–H groups in total. The Hall–Kier alpha value is -0.730. The maximum absolute atomic E-state index is 13.0. The minimum absolute atomic E-state index is 0.219. The average Bonchev–Trinajstić information content (AvgIpc) is 2.39. The Morgan fingerprint density at radius 1 is 1.48 bits per heavy atom. The van der Waals surface area contributed by atoms with Crippen molar-refractivity contribution >= 4 is 21.8 Å². The first-order valence-corrected chi connectivity index (χ1v) is 8.69. The van der Waals surface area contributed by atoms with Crippen molar-refractivity contribution in [2.75, 3.05) is 19.6 Å². The molecule has 0 saturated carbocycles. The SMILES string of the molecule is NS(=O)(=O)NC[C@@H]1CCCN(Cc2ccc(F)cc2Cl)C1. The quantitative estimate of drug-likeness (QED) is 0.856. The number of piperidine rings is 1. The third kappa shape index (κ3) is 5.52. The summed E-state index contributed by atoms with van der Waals surface area (Å²) in [6.45, 7) is 2.65. The molecule has 2 rings (SSSR count). The predicted octanol–water partition coefficient (Wildman–Crippen LogP) is 1.48. The number of benzene rings is 1. The van der Waals surface area contributed by atoms with Gasteiger partial charge in [-0.25, -0.2) is 14.3 Å². The van der Waals surface area contributed by atoms with Gasteiger partial charge in [-0.2, -0.15) is 8.42 Å². The molecule has 0 radical (unpaired) electrons. The summed E-state index contributed by atoms with van der Waals surface area (Å²) in [5, 5.41) is 5.36.